The number of rotatable bonds is 2. The summed E-state index contributed by atoms with van der Waals surface area (Å²) >= 11 is 5.27. The Bertz CT molecular complexity index is 184. The summed E-state index contributed by atoms with van der Waals surface area (Å²) in [6, 6.07) is 0. The second-order valence-electron chi connectivity index (χ2n) is 2.84. The second-order valence-corrected chi connectivity index (χ2v) is 3.11. The van der Waals surface area contributed by atoms with Gasteiger partial charge in [-0.1, -0.05) is 0 Å². The van der Waals surface area contributed by atoms with Crippen molar-refractivity contribution in [1.82, 2.24) is 0 Å². The number of Topliss-reactive ketones (excluding diaryl/α,β-unsaturated/α-hetero) is 1. The van der Waals surface area contributed by atoms with Crippen molar-refractivity contribution in [2.24, 2.45) is 0 Å². The normalized spacial score (nSPS) is 41.7. The first-order valence-electron chi connectivity index (χ1n) is 3.68. The molecule has 12 heavy (non-hydrogen) atoms. The highest BCUT2D eigenvalue weighted by molar-refractivity contribution is 6.28. The minimum Gasteiger partial charge on any atom is -0.388 e. The molecule has 1 unspecified atom stereocenters. The smallest absolute Gasteiger partial charge is 0.179 e. The Morgan fingerprint density at radius 2 is 2.08 bits per heavy atom. The van der Waals surface area contributed by atoms with Crippen LogP contribution in [-0.4, -0.2) is 46.3 Å². The van der Waals surface area contributed by atoms with Gasteiger partial charge in [-0.05, 0) is 6.92 Å². The lowest BCUT2D eigenvalue weighted by Crippen LogP contribution is -2.36. The molecule has 0 radical (unpaired) electrons. The van der Waals surface area contributed by atoms with Gasteiger partial charge in [-0.3, -0.25) is 4.79 Å². The summed E-state index contributed by atoms with van der Waals surface area (Å²) in [6.07, 6.45) is -3.63. The number of carbonyl (C=O) groups excluding carboxylic acids is 1. The number of alkyl halides is 1. The van der Waals surface area contributed by atoms with Crippen molar-refractivity contribution in [3.63, 3.8) is 0 Å². The van der Waals surface area contributed by atoms with Crippen LogP contribution in [0.3, 0.4) is 0 Å². The Morgan fingerprint density at radius 3 is 2.42 bits per heavy atom. The molecular formula is C7H11ClO4. The molecule has 0 aliphatic carbocycles. The first kappa shape index (κ1) is 9.92. The number of ether oxygens (including phenoxy) is 1. The van der Waals surface area contributed by atoms with Crippen molar-refractivity contribution in [3.05, 3.63) is 0 Å². The van der Waals surface area contributed by atoms with Crippen molar-refractivity contribution in [1.29, 1.82) is 0 Å². The minimum atomic E-state index is -1.15. The SMILES string of the molecule is C[C@@H]1O[C@H](C(=O)CCl)[C@H](O)C1O. The van der Waals surface area contributed by atoms with E-state index in [2.05, 4.69) is 0 Å². The number of carbonyl (C=O) groups is 1. The Balaban J connectivity index is 2.64. The number of hydrogen-bond acceptors (Lipinski definition) is 4. The van der Waals surface area contributed by atoms with Crippen molar-refractivity contribution in [2.75, 3.05) is 5.88 Å². The van der Waals surface area contributed by atoms with Crippen molar-refractivity contribution in [2.45, 2.75) is 31.3 Å². The van der Waals surface area contributed by atoms with Crippen LogP contribution >= 0.6 is 11.6 Å². The summed E-state index contributed by atoms with van der Waals surface area (Å²) in [4.78, 5) is 11.0. The fourth-order valence-corrected chi connectivity index (χ4v) is 1.34. The molecule has 70 valence electrons. The van der Waals surface area contributed by atoms with E-state index in [1.165, 1.54) is 0 Å². The van der Waals surface area contributed by atoms with Gasteiger partial charge in [0.1, 0.15) is 18.3 Å². The Labute approximate surface area is 75.1 Å². The molecule has 1 fully saturated rings. The summed E-state index contributed by atoms with van der Waals surface area (Å²) < 4.78 is 5.00. The van der Waals surface area contributed by atoms with Crippen LogP contribution in [0, 0.1) is 0 Å². The monoisotopic (exact) mass is 194 g/mol. The van der Waals surface area contributed by atoms with Crippen LogP contribution in [0.1, 0.15) is 6.92 Å². The molecule has 0 bridgehead atoms. The van der Waals surface area contributed by atoms with Gasteiger partial charge in [0, 0.05) is 0 Å². The molecule has 0 aromatic heterocycles. The fraction of sp³-hybridized carbons (Fsp3) is 0.857. The molecule has 0 spiro atoms. The van der Waals surface area contributed by atoms with E-state index in [9.17, 15) is 15.0 Å². The maximum Gasteiger partial charge on any atom is 0.179 e. The van der Waals surface area contributed by atoms with E-state index in [-0.39, 0.29) is 5.88 Å². The minimum absolute atomic E-state index is 0.207. The van der Waals surface area contributed by atoms with Crippen LogP contribution in [-0.2, 0) is 9.53 Å². The molecule has 0 amide bonds. The molecule has 1 saturated heterocycles. The van der Waals surface area contributed by atoms with E-state index in [4.69, 9.17) is 16.3 Å². The van der Waals surface area contributed by atoms with Gasteiger partial charge in [0.05, 0.1) is 12.0 Å². The van der Waals surface area contributed by atoms with Gasteiger partial charge in [0.15, 0.2) is 5.78 Å². The van der Waals surface area contributed by atoms with E-state index in [0.717, 1.165) is 0 Å². The zero-order chi connectivity index (χ0) is 9.30. The van der Waals surface area contributed by atoms with Gasteiger partial charge in [0.25, 0.3) is 0 Å². The van der Waals surface area contributed by atoms with Crippen molar-refractivity contribution >= 4 is 17.4 Å². The highest BCUT2D eigenvalue weighted by atomic mass is 35.5. The third-order valence-corrected chi connectivity index (χ3v) is 2.21. The Kier molecular flexibility index (Phi) is 3.06. The number of halogens is 1. The molecule has 0 saturated carbocycles. The Morgan fingerprint density at radius 1 is 1.50 bits per heavy atom. The standard InChI is InChI=1S/C7H11ClO4/c1-3-5(10)6(11)7(12-3)4(9)2-8/h3,5-7,10-11H,2H2,1H3/t3-,5?,6+,7+/m0/s1. The topological polar surface area (TPSA) is 66.8 Å². The highest BCUT2D eigenvalue weighted by Crippen LogP contribution is 2.21. The lowest BCUT2D eigenvalue weighted by Gasteiger charge is -2.11. The summed E-state index contributed by atoms with van der Waals surface area (Å²) in [5.41, 5.74) is 0. The molecule has 1 aliphatic rings. The van der Waals surface area contributed by atoms with E-state index in [1.807, 2.05) is 0 Å². The summed E-state index contributed by atoms with van der Waals surface area (Å²) in [7, 11) is 0. The molecule has 5 heteroatoms. The highest BCUT2D eigenvalue weighted by Gasteiger charge is 2.43. The molecule has 2 N–H and O–H groups in total. The largest absolute Gasteiger partial charge is 0.388 e. The van der Waals surface area contributed by atoms with E-state index >= 15 is 0 Å². The van der Waals surface area contributed by atoms with Gasteiger partial charge in [-0.15, -0.1) is 11.6 Å². The van der Waals surface area contributed by atoms with Crippen LogP contribution < -0.4 is 0 Å². The average Bonchev–Trinajstić information content (AvgIpc) is 2.32. The van der Waals surface area contributed by atoms with Gasteiger partial charge in [0.2, 0.25) is 0 Å². The first-order valence-corrected chi connectivity index (χ1v) is 4.21. The van der Waals surface area contributed by atoms with Crippen LogP contribution in [0.5, 0.6) is 0 Å². The number of ketones is 1. The molecule has 0 aromatic carbocycles. The van der Waals surface area contributed by atoms with Crippen LogP contribution in [0.25, 0.3) is 0 Å². The van der Waals surface area contributed by atoms with E-state index < -0.39 is 30.2 Å². The molecule has 1 aliphatic heterocycles. The van der Waals surface area contributed by atoms with Crippen molar-refractivity contribution < 1.29 is 19.7 Å². The zero-order valence-corrected chi connectivity index (χ0v) is 7.36. The molecule has 4 atom stereocenters. The molecule has 1 heterocycles. The third-order valence-electron chi connectivity index (χ3n) is 1.95. The zero-order valence-electron chi connectivity index (χ0n) is 6.61. The predicted octanol–water partition coefficient (Wildman–Crippen LogP) is -0.697. The summed E-state index contributed by atoms with van der Waals surface area (Å²) in [5.74, 6) is -0.603. The molecule has 4 nitrogen and oxygen atoms in total. The van der Waals surface area contributed by atoms with E-state index in [1.54, 1.807) is 6.92 Å². The molecule has 1 rings (SSSR count). The molecule has 0 aromatic rings. The second kappa shape index (κ2) is 3.70. The van der Waals surface area contributed by atoms with Gasteiger partial charge in [-0.2, -0.15) is 0 Å². The third kappa shape index (κ3) is 1.61. The molecular weight excluding hydrogens is 184 g/mol. The van der Waals surface area contributed by atoms with Crippen LogP contribution in [0.2, 0.25) is 0 Å². The summed E-state index contributed by atoms with van der Waals surface area (Å²) in [5, 5.41) is 18.5. The lowest BCUT2D eigenvalue weighted by atomic mass is 10.1. The maximum absolute atomic E-state index is 11.0. The fourth-order valence-electron chi connectivity index (χ4n) is 1.19. The number of aliphatic hydroxyl groups is 2. The van der Waals surface area contributed by atoms with Crippen LogP contribution in [0.15, 0.2) is 0 Å². The maximum atomic E-state index is 11.0. The summed E-state index contributed by atoms with van der Waals surface area (Å²) in [6.45, 7) is 1.59. The van der Waals surface area contributed by atoms with Gasteiger partial charge < -0.3 is 14.9 Å². The quantitative estimate of drug-likeness (QED) is 0.571. The number of aliphatic hydroxyl groups excluding tert-OH is 2. The average molecular weight is 195 g/mol. The van der Waals surface area contributed by atoms with Crippen LogP contribution in [0.4, 0.5) is 0 Å². The lowest BCUT2D eigenvalue weighted by molar-refractivity contribution is -0.130. The van der Waals surface area contributed by atoms with Gasteiger partial charge >= 0.3 is 0 Å². The number of hydrogen-bond donors (Lipinski definition) is 2. The van der Waals surface area contributed by atoms with Crippen molar-refractivity contribution in [3.8, 4) is 0 Å². The van der Waals surface area contributed by atoms with Gasteiger partial charge in [-0.25, -0.2) is 0 Å². The Hall–Kier alpha value is -0.160. The predicted molar refractivity (Wildman–Crippen MR) is 42.1 cm³/mol. The first-order chi connectivity index (χ1) is 5.57. The van der Waals surface area contributed by atoms with E-state index in [0.29, 0.717) is 0 Å².